The third-order valence-corrected chi connectivity index (χ3v) is 4.40. The summed E-state index contributed by atoms with van der Waals surface area (Å²) in [6.45, 7) is 3.69. The third-order valence-electron chi connectivity index (χ3n) is 4.40. The van der Waals surface area contributed by atoms with Gasteiger partial charge in [0.15, 0.2) is 11.8 Å². The van der Waals surface area contributed by atoms with Gasteiger partial charge in [0.1, 0.15) is 5.76 Å². The first-order valence-corrected chi connectivity index (χ1v) is 7.99. The van der Waals surface area contributed by atoms with Crippen LogP contribution < -0.4 is 5.32 Å². The molecule has 1 amide bonds. The molecule has 1 saturated heterocycles. The van der Waals surface area contributed by atoms with Crippen LogP contribution in [0.25, 0.3) is 0 Å². The van der Waals surface area contributed by atoms with E-state index in [-0.39, 0.29) is 12.3 Å². The number of ketones is 1. The van der Waals surface area contributed by atoms with Crippen LogP contribution in [0.5, 0.6) is 0 Å². The normalized spacial score (nSPS) is 32.2. The van der Waals surface area contributed by atoms with E-state index in [0.717, 1.165) is 5.56 Å². The summed E-state index contributed by atoms with van der Waals surface area (Å²) in [7, 11) is 0. The largest absolute Gasteiger partial charge is 0.470 e. The summed E-state index contributed by atoms with van der Waals surface area (Å²) in [5.74, 6) is -1.14. The quantitative estimate of drug-likeness (QED) is 0.705. The lowest BCUT2D eigenvalue weighted by Gasteiger charge is -2.31. The number of hydrogen-bond donors (Lipinski definition) is 3. The number of nitrogens with one attached hydrogen (secondary N) is 1. The molecule has 6 heteroatoms. The molecule has 0 unspecified atom stereocenters. The minimum atomic E-state index is -2.09. The minimum absolute atomic E-state index is 0.00773. The first-order valence-electron chi connectivity index (χ1n) is 7.99. The molecule has 1 spiro atoms. The Kier molecular flexibility index (Phi) is 3.97. The summed E-state index contributed by atoms with van der Waals surface area (Å²) in [5, 5.41) is 23.5. The van der Waals surface area contributed by atoms with E-state index in [1.165, 1.54) is 6.08 Å². The molecule has 3 atom stereocenters. The summed E-state index contributed by atoms with van der Waals surface area (Å²) in [6.07, 6.45) is 0.0112. The Labute approximate surface area is 140 Å². The zero-order valence-electron chi connectivity index (χ0n) is 13.7. The highest BCUT2D eigenvalue weighted by molar-refractivity contribution is 6.18. The number of aliphatic hydroxyl groups is 2. The minimum Gasteiger partial charge on any atom is -0.470 e. The van der Waals surface area contributed by atoms with Gasteiger partial charge in [-0.25, -0.2) is 0 Å². The molecular formula is C18H21NO5. The molecule has 2 aliphatic rings. The molecule has 128 valence electrons. The van der Waals surface area contributed by atoms with Crippen LogP contribution in [0.2, 0.25) is 0 Å². The summed E-state index contributed by atoms with van der Waals surface area (Å²) in [5.41, 5.74) is -3.05. The maximum atomic E-state index is 12.5. The Bertz CT molecular complexity index is 699. The SMILES string of the molecule is CC(C)C[C@@]1(O)NC(=O)[C@@]2(OC(Cc3ccccc3)=CC2=O)[C@H]1O. The van der Waals surface area contributed by atoms with Gasteiger partial charge >= 0.3 is 0 Å². The molecule has 2 heterocycles. The molecule has 0 saturated carbocycles. The monoisotopic (exact) mass is 331 g/mol. The smallest absolute Gasteiger partial charge is 0.277 e. The lowest BCUT2D eigenvalue weighted by atomic mass is 9.87. The molecule has 24 heavy (non-hydrogen) atoms. The molecule has 1 aromatic rings. The molecule has 1 fully saturated rings. The predicted molar refractivity (Wildman–Crippen MR) is 85.6 cm³/mol. The van der Waals surface area contributed by atoms with E-state index in [4.69, 9.17) is 4.74 Å². The topological polar surface area (TPSA) is 95.9 Å². The second kappa shape index (κ2) is 5.72. The number of amides is 1. The summed E-state index contributed by atoms with van der Waals surface area (Å²) in [4.78, 5) is 24.9. The van der Waals surface area contributed by atoms with Crippen molar-refractivity contribution in [3.05, 3.63) is 47.7 Å². The van der Waals surface area contributed by atoms with Gasteiger partial charge in [-0.3, -0.25) is 9.59 Å². The Balaban J connectivity index is 1.84. The van der Waals surface area contributed by atoms with Crippen molar-refractivity contribution >= 4 is 11.7 Å². The number of carbonyl (C=O) groups is 2. The molecule has 3 rings (SSSR count). The number of aliphatic hydroxyl groups excluding tert-OH is 1. The standard InChI is InChI=1S/C18H21NO5/c1-11(2)10-17(23)15(21)18(16(22)19-17)14(20)9-13(24-18)8-12-6-4-3-5-7-12/h3-7,9,11,15,21,23H,8,10H2,1-2H3,(H,19,22)/t15-,17-,18-/m0/s1. The zero-order valence-corrected chi connectivity index (χ0v) is 13.7. The molecule has 6 nitrogen and oxygen atoms in total. The fraction of sp³-hybridized carbons (Fsp3) is 0.444. The molecule has 3 N–H and O–H groups in total. The summed E-state index contributed by atoms with van der Waals surface area (Å²) < 4.78 is 5.62. The highest BCUT2D eigenvalue weighted by Gasteiger charge is 2.69. The number of rotatable bonds is 4. The van der Waals surface area contributed by atoms with E-state index in [0.29, 0.717) is 12.2 Å². The van der Waals surface area contributed by atoms with Crippen LogP contribution in [0.3, 0.4) is 0 Å². The predicted octanol–water partition coefficient (Wildman–Crippen LogP) is 0.676. The van der Waals surface area contributed by atoms with Crippen molar-refractivity contribution in [3.63, 3.8) is 0 Å². The van der Waals surface area contributed by atoms with Crippen molar-refractivity contribution in [1.82, 2.24) is 5.32 Å². The second-order valence-corrected chi connectivity index (χ2v) is 6.85. The lowest BCUT2D eigenvalue weighted by molar-refractivity contribution is -0.164. The molecular weight excluding hydrogens is 310 g/mol. The van der Waals surface area contributed by atoms with Crippen molar-refractivity contribution in [2.75, 3.05) is 0 Å². The average molecular weight is 331 g/mol. The van der Waals surface area contributed by atoms with E-state index in [1.807, 2.05) is 44.2 Å². The van der Waals surface area contributed by atoms with Crippen LogP contribution in [0, 0.1) is 5.92 Å². The molecule has 0 aromatic heterocycles. The fourth-order valence-corrected chi connectivity index (χ4v) is 3.38. The van der Waals surface area contributed by atoms with Crippen molar-refractivity contribution in [2.45, 2.75) is 44.1 Å². The van der Waals surface area contributed by atoms with Gasteiger partial charge in [0.25, 0.3) is 11.5 Å². The van der Waals surface area contributed by atoms with Gasteiger partial charge in [-0.15, -0.1) is 0 Å². The maximum absolute atomic E-state index is 12.5. The van der Waals surface area contributed by atoms with E-state index in [2.05, 4.69) is 5.32 Å². The van der Waals surface area contributed by atoms with Crippen LogP contribution in [0.1, 0.15) is 25.8 Å². The first-order chi connectivity index (χ1) is 11.3. The highest BCUT2D eigenvalue weighted by atomic mass is 16.5. The Morgan fingerprint density at radius 3 is 2.54 bits per heavy atom. The van der Waals surface area contributed by atoms with E-state index in [1.54, 1.807) is 0 Å². The molecule has 0 aliphatic carbocycles. The Hall–Kier alpha value is -2.18. The Morgan fingerprint density at radius 1 is 1.25 bits per heavy atom. The molecule has 1 aromatic carbocycles. The highest BCUT2D eigenvalue weighted by Crippen LogP contribution is 2.40. The Morgan fingerprint density at radius 2 is 1.92 bits per heavy atom. The molecule has 0 radical (unpaired) electrons. The number of hydrogen-bond acceptors (Lipinski definition) is 5. The van der Waals surface area contributed by atoms with Gasteiger partial charge in [-0.05, 0) is 11.5 Å². The van der Waals surface area contributed by atoms with Crippen LogP contribution in [-0.4, -0.2) is 39.3 Å². The van der Waals surface area contributed by atoms with Crippen LogP contribution in [0.15, 0.2) is 42.2 Å². The lowest BCUT2D eigenvalue weighted by Crippen LogP contribution is -2.56. The van der Waals surface area contributed by atoms with Crippen molar-refractivity contribution in [3.8, 4) is 0 Å². The fourth-order valence-electron chi connectivity index (χ4n) is 3.38. The van der Waals surface area contributed by atoms with Crippen LogP contribution in [-0.2, 0) is 20.7 Å². The maximum Gasteiger partial charge on any atom is 0.277 e. The van der Waals surface area contributed by atoms with Crippen molar-refractivity contribution in [1.29, 1.82) is 0 Å². The average Bonchev–Trinajstić information content (AvgIpc) is 2.91. The van der Waals surface area contributed by atoms with Gasteiger partial charge in [0.2, 0.25) is 5.78 Å². The van der Waals surface area contributed by atoms with Gasteiger partial charge in [-0.1, -0.05) is 44.2 Å². The van der Waals surface area contributed by atoms with Crippen molar-refractivity contribution in [2.24, 2.45) is 5.92 Å². The zero-order chi connectivity index (χ0) is 17.5. The van der Waals surface area contributed by atoms with Gasteiger partial charge in [-0.2, -0.15) is 0 Å². The summed E-state index contributed by atoms with van der Waals surface area (Å²) >= 11 is 0. The van der Waals surface area contributed by atoms with E-state index < -0.39 is 29.1 Å². The second-order valence-electron chi connectivity index (χ2n) is 6.85. The number of benzene rings is 1. The van der Waals surface area contributed by atoms with Crippen molar-refractivity contribution < 1.29 is 24.5 Å². The van der Waals surface area contributed by atoms with E-state index in [9.17, 15) is 19.8 Å². The number of allylic oxidation sites excluding steroid dienone is 1. The third kappa shape index (κ3) is 2.52. The van der Waals surface area contributed by atoms with Crippen LogP contribution >= 0.6 is 0 Å². The first kappa shape index (κ1) is 16.7. The van der Waals surface area contributed by atoms with Gasteiger partial charge in [0, 0.05) is 18.9 Å². The number of ether oxygens (including phenoxy) is 1. The summed E-state index contributed by atoms with van der Waals surface area (Å²) in [6, 6.07) is 9.35. The molecule has 2 aliphatic heterocycles. The number of carbonyl (C=O) groups excluding carboxylic acids is 2. The van der Waals surface area contributed by atoms with Crippen LogP contribution in [0.4, 0.5) is 0 Å². The molecule has 0 bridgehead atoms. The van der Waals surface area contributed by atoms with Gasteiger partial charge in [0.05, 0.1) is 0 Å². The van der Waals surface area contributed by atoms with E-state index >= 15 is 0 Å². The van der Waals surface area contributed by atoms with Gasteiger partial charge < -0.3 is 20.3 Å².